The SMILES string of the molecule is CC[C@@H](NCc1nc2c(c(N[C@@H](CN3C4CCCC3CCC4)c3cnn(C)c3)n1)C[C@](C)(c1ccccc1)CC2)C12CC(C(=O)O)(C1)C2. The van der Waals surface area contributed by atoms with Gasteiger partial charge in [0.1, 0.15) is 11.6 Å². The Bertz CT molecular complexity index is 1610. The highest BCUT2D eigenvalue weighted by atomic mass is 16.4. The van der Waals surface area contributed by atoms with Crippen molar-refractivity contribution in [2.45, 2.75) is 133 Å². The molecule has 4 bridgehead atoms. The molecule has 0 amide bonds. The maximum Gasteiger partial charge on any atom is 0.309 e. The Balaban J connectivity index is 1.10. The van der Waals surface area contributed by atoms with Crippen LogP contribution in [0.1, 0.15) is 119 Å². The third kappa shape index (κ3) is 5.55. The molecule has 3 aromatic rings. The lowest BCUT2D eigenvalue weighted by atomic mass is 9.33. The number of carboxylic acid groups (broad SMARTS) is 1. The van der Waals surface area contributed by atoms with E-state index >= 15 is 0 Å². The van der Waals surface area contributed by atoms with E-state index in [0.29, 0.717) is 18.6 Å². The van der Waals surface area contributed by atoms with Crippen molar-refractivity contribution in [3.63, 3.8) is 0 Å². The van der Waals surface area contributed by atoms with Gasteiger partial charge in [-0.15, -0.1) is 0 Å². The number of piperidine rings is 2. The third-order valence-electron chi connectivity index (χ3n) is 13.2. The van der Waals surface area contributed by atoms with E-state index in [1.54, 1.807) is 0 Å². The predicted molar refractivity (Wildman–Crippen MR) is 187 cm³/mol. The van der Waals surface area contributed by atoms with E-state index in [0.717, 1.165) is 63.1 Å². The number of carbonyl (C=O) groups is 1. The number of nitrogens with one attached hydrogen (secondary N) is 2. The molecule has 48 heavy (non-hydrogen) atoms. The smallest absolute Gasteiger partial charge is 0.309 e. The standard InChI is InChI=1S/C39H53N7O2/c1-4-33(38-23-39(24-38,25-38)36(47)48)40-20-34-42-31-16-17-37(2,27-10-6-5-7-11-27)18-30(31)35(44-34)43-32(26-19-41-45(3)21-26)22-46-28-12-8-13-29(46)15-9-14-28/h5-7,10-11,19,21,28-29,32-33,40H,4,8-9,12-18,20,22-25H2,1-3H3,(H,47,48)(H,42,43,44)/t28?,29?,32-,33+,37+,38?,39?/m0/s1. The fourth-order valence-electron chi connectivity index (χ4n) is 10.6. The molecule has 6 aliphatic rings. The highest BCUT2D eigenvalue weighted by Crippen LogP contribution is 2.75. The number of hydrogen-bond donors (Lipinski definition) is 3. The number of hydrogen-bond acceptors (Lipinski definition) is 7. The minimum absolute atomic E-state index is 0.0130. The molecular weight excluding hydrogens is 598 g/mol. The first-order valence-electron chi connectivity index (χ1n) is 18.6. The molecule has 3 atom stereocenters. The molecule has 9 heteroatoms. The molecule has 3 saturated carbocycles. The van der Waals surface area contributed by atoms with E-state index in [-0.39, 0.29) is 22.9 Å². The molecule has 1 aromatic carbocycles. The van der Waals surface area contributed by atoms with Crippen LogP contribution in [0.4, 0.5) is 5.82 Å². The van der Waals surface area contributed by atoms with Crippen molar-refractivity contribution in [1.29, 1.82) is 0 Å². The number of carboxylic acids is 1. The summed E-state index contributed by atoms with van der Waals surface area (Å²) in [5, 5.41) is 22.2. The van der Waals surface area contributed by atoms with Crippen LogP contribution in [-0.2, 0) is 36.6 Å². The first-order valence-corrected chi connectivity index (χ1v) is 18.6. The molecule has 5 fully saturated rings. The zero-order valence-electron chi connectivity index (χ0n) is 29.0. The Morgan fingerprint density at radius 3 is 2.40 bits per heavy atom. The number of nitrogens with zero attached hydrogens (tertiary/aromatic N) is 5. The van der Waals surface area contributed by atoms with Gasteiger partial charge in [0.25, 0.3) is 0 Å². The Kier molecular flexibility index (Phi) is 8.14. The Morgan fingerprint density at radius 1 is 1.06 bits per heavy atom. The van der Waals surface area contributed by atoms with Crippen molar-refractivity contribution in [3.05, 3.63) is 70.9 Å². The van der Waals surface area contributed by atoms with Crippen LogP contribution in [0.15, 0.2) is 42.7 Å². The van der Waals surface area contributed by atoms with E-state index in [9.17, 15) is 9.90 Å². The molecule has 0 radical (unpaired) electrons. The van der Waals surface area contributed by atoms with E-state index in [2.05, 4.69) is 71.0 Å². The fraction of sp³-hybridized carbons (Fsp3) is 0.641. The van der Waals surface area contributed by atoms with Gasteiger partial charge in [0.05, 0.1) is 24.2 Å². The lowest BCUT2D eigenvalue weighted by molar-refractivity contribution is -0.233. The Labute approximate surface area is 285 Å². The fourth-order valence-corrected chi connectivity index (χ4v) is 10.6. The second-order valence-electron chi connectivity index (χ2n) is 16.3. The van der Waals surface area contributed by atoms with Crippen LogP contribution in [-0.4, -0.2) is 60.4 Å². The maximum atomic E-state index is 11.8. The summed E-state index contributed by atoms with van der Waals surface area (Å²) in [6, 6.07) is 12.6. The average Bonchev–Trinajstić information content (AvgIpc) is 3.47. The monoisotopic (exact) mass is 651 g/mol. The van der Waals surface area contributed by atoms with Crippen LogP contribution >= 0.6 is 0 Å². The van der Waals surface area contributed by atoms with Gasteiger partial charge in [0.2, 0.25) is 0 Å². The first-order chi connectivity index (χ1) is 23.2. The summed E-state index contributed by atoms with van der Waals surface area (Å²) in [6.07, 6.45) is 18.3. The number of rotatable bonds is 12. The highest BCUT2D eigenvalue weighted by Gasteiger charge is 2.73. The quantitative estimate of drug-likeness (QED) is 0.208. The van der Waals surface area contributed by atoms with E-state index in [1.807, 2.05) is 17.9 Å². The minimum Gasteiger partial charge on any atom is -0.481 e. The molecule has 0 spiro atoms. The molecule has 0 unspecified atom stereocenters. The Hall–Kier alpha value is -3.30. The molecule has 4 heterocycles. The van der Waals surface area contributed by atoms with Crippen molar-refractivity contribution in [3.8, 4) is 0 Å². The van der Waals surface area contributed by atoms with Crippen molar-refractivity contribution < 1.29 is 9.90 Å². The van der Waals surface area contributed by atoms with Crippen LogP contribution in [0.3, 0.4) is 0 Å². The molecule has 2 aliphatic heterocycles. The number of fused-ring (bicyclic) bond motifs is 3. The van der Waals surface area contributed by atoms with Crippen LogP contribution in [0, 0.1) is 10.8 Å². The summed E-state index contributed by atoms with van der Waals surface area (Å²) in [4.78, 5) is 25.2. The molecule has 2 saturated heterocycles. The van der Waals surface area contributed by atoms with Gasteiger partial charge < -0.3 is 15.7 Å². The average molecular weight is 652 g/mol. The van der Waals surface area contributed by atoms with Gasteiger partial charge in [0, 0.05) is 54.7 Å². The molecule has 2 aromatic heterocycles. The summed E-state index contributed by atoms with van der Waals surface area (Å²) in [6.45, 7) is 6.16. The molecule has 9 rings (SSSR count). The molecule has 256 valence electrons. The summed E-state index contributed by atoms with van der Waals surface area (Å²) < 4.78 is 1.92. The zero-order chi connectivity index (χ0) is 33.1. The van der Waals surface area contributed by atoms with Gasteiger partial charge in [-0.05, 0) is 87.0 Å². The summed E-state index contributed by atoms with van der Waals surface area (Å²) in [7, 11) is 2.01. The number of aryl methyl sites for hydroxylation is 2. The van der Waals surface area contributed by atoms with Crippen molar-refractivity contribution in [1.82, 2.24) is 30.0 Å². The van der Waals surface area contributed by atoms with Gasteiger partial charge in [-0.1, -0.05) is 57.0 Å². The third-order valence-corrected chi connectivity index (χ3v) is 13.2. The van der Waals surface area contributed by atoms with Crippen LogP contribution in [0.5, 0.6) is 0 Å². The zero-order valence-corrected chi connectivity index (χ0v) is 29.0. The van der Waals surface area contributed by atoms with Crippen molar-refractivity contribution >= 4 is 11.8 Å². The molecule has 9 nitrogen and oxygen atoms in total. The van der Waals surface area contributed by atoms with Crippen molar-refractivity contribution in [2.75, 3.05) is 11.9 Å². The Morgan fingerprint density at radius 2 is 1.77 bits per heavy atom. The van der Waals surface area contributed by atoms with Crippen LogP contribution < -0.4 is 10.6 Å². The summed E-state index contributed by atoms with van der Waals surface area (Å²) in [5.74, 6) is 1.18. The summed E-state index contributed by atoms with van der Waals surface area (Å²) >= 11 is 0. The van der Waals surface area contributed by atoms with Gasteiger partial charge in [-0.2, -0.15) is 5.10 Å². The highest BCUT2D eigenvalue weighted by molar-refractivity contribution is 5.79. The second-order valence-corrected chi connectivity index (χ2v) is 16.3. The number of aromatic nitrogens is 4. The van der Waals surface area contributed by atoms with Gasteiger partial charge in [-0.3, -0.25) is 14.4 Å². The number of aliphatic carboxylic acids is 1. The lowest BCUT2D eigenvalue weighted by Crippen LogP contribution is -2.71. The normalized spacial score (nSPS) is 32.0. The second kappa shape index (κ2) is 12.2. The van der Waals surface area contributed by atoms with Crippen LogP contribution in [0.2, 0.25) is 0 Å². The lowest BCUT2D eigenvalue weighted by Gasteiger charge is -2.71. The van der Waals surface area contributed by atoms with Gasteiger partial charge in [-0.25, -0.2) is 9.97 Å². The number of anilines is 1. The number of benzene rings is 1. The van der Waals surface area contributed by atoms with E-state index in [4.69, 9.17) is 9.97 Å². The van der Waals surface area contributed by atoms with Gasteiger partial charge in [0.15, 0.2) is 0 Å². The molecule has 3 N–H and O–H groups in total. The molecule has 4 aliphatic carbocycles. The van der Waals surface area contributed by atoms with E-state index in [1.165, 1.54) is 60.9 Å². The largest absolute Gasteiger partial charge is 0.481 e. The minimum atomic E-state index is -0.619. The topological polar surface area (TPSA) is 108 Å². The maximum absolute atomic E-state index is 11.8. The van der Waals surface area contributed by atoms with E-state index < -0.39 is 11.4 Å². The predicted octanol–water partition coefficient (Wildman–Crippen LogP) is 6.34. The van der Waals surface area contributed by atoms with Crippen LogP contribution in [0.25, 0.3) is 0 Å². The summed E-state index contributed by atoms with van der Waals surface area (Å²) in [5.41, 5.74) is 4.66. The van der Waals surface area contributed by atoms with Crippen molar-refractivity contribution in [2.24, 2.45) is 17.9 Å². The first kappa shape index (κ1) is 31.9. The van der Waals surface area contributed by atoms with Gasteiger partial charge >= 0.3 is 5.97 Å². The molecular formula is C39H53N7O2.